The van der Waals surface area contributed by atoms with Crippen LogP contribution in [0.2, 0.25) is 0 Å². The molecule has 1 aliphatic rings. The fraction of sp³-hybridized carbons (Fsp3) is 1.00. The molecule has 2 nitrogen and oxygen atoms in total. The first kappa shape index (κ1) is 13.9. The minimum atomic E-state index is 0.852. The first-order valence-corrected chi connectivity index (χ1v) is 6.09. The smallest absolute Gasteiger partial charge is 0.0110 e. The highest BCUT2D eigenvalue weighted by Crippen LogP contribution is 2.04. The third kappa shape index (κ3) is 6.39. The summed E-state index contributed by atoms with van der Waals surface area (Å²) < 4.78 is 0. The Morgan fingerprint density at radius 1 is 1.00 bits per heavy atom. The molecule has 0 radical (unpaired) electrons. The van der Waals surface area contributed by atoms with Crippen molar-refractivity contribution < 1.29 is 0 Å². The van der Waals surface area contributed by atoms with E-state index in [4.69, 9.17) is 0 Å². The van der Waals surface area contributed by atoms with E-state index < -0.39 is 0 Å². The summed E-state index contributed by atoms with van der Waals surface area (Å²) in [4.78, 5) is 4.99. The lowest BCUT2D eigenvalue weighted by atomic mass is 10.1. The average Bonchev–Trinajstić information content (AvgIpc) is 2.20. The summed E-state index contributed by atoms with van der Waals surface area (Å²) in [5.41, 5.74) is 0. The monoisotopic (exact) mass is 200 g/mol. The molecular formula is C12H28N2. The second-order valence-corrected chi connectivity index (χ2v) is 4.33. The zero-order chi connectivity index (χ0) is 11.0. The molecule has 1 heterocycles. The van der Waals surface area contributed by atoms with Gasteiger partial charge in [-0.05, 0) is 25.9 Å². The van der Waals surface area contributed by atoms with E-state index in [1.165, 1.54) is 39.1 Å². The molecule has 0 aromatic carbocycles. The van der Waals surface area contributed by atoms with Gasteiger partial charge in [-0.2, -0.15) is 0 Å². The molecule has 0 saturated carbocycles. The Hall–Kier alpha value is -0.0800. The Labute approximate surface area is 90.3 Å². The fourth-order valence-corrected chi connectivity index (χ4v) is 1.51. The first-order chi connectivity index (χ1) is 6.68. The number of likely N-dealkylation sites (N-methyl/N-ethyl adjacent to an activating group) is 1. The van der Waals surface area contributed by atoms with E-state index in [0.29, 0.717) is 0 Å². The summed E-state index contributed by atoms with van der Waals surface area (Å²) in [6.07, 6.45) is 1.35. The van der Waals surface area contributed by atoms with Gasteiger partial charge in [0.25, 0.3) is 0 Å². The number of nitrogens with zero attached hydrogens (tertiary/aromatic N) is 2. The van der Waals surface area contributed by atoms with Crippen LogP contribution in [-0.4, -0.2) is 49.6 Å². The van der Waals surface area contributed by atoms with Gasteiger partial charge in [-0.3, -0.25) is 0 Å². The van der Waals surface area contributed by atoms with Crippen LogP contribution in [0.1, 0.15) is 34.1 Å². The Morgan fingerprint density at radius 3 is 1.93 bits per heavy atom. The van der Waals surface area contributed by atoms with Crippen LogP contribution in [0.15, 0.2) is 0 Å². The molecule has 0 amide bonds. The number of rotatable bonds is 3. The molecule has 0 N–H and O–H groups in total. The van der Waals surface area contributed by atoms with Crippen LogP contribution in [0.4, 0.5) is 0 Å². The SMILES string of the molecule is CC.CC(C)CCN1CCN(C)CC1. The topological polar surface area (TPSA) is 6.48 Å². The lowest BCUT2D eigenvalue weighted by molar-refractivity contribution is 0.148. The van der Waals surface area contributed by atoms with Gasteiger partial charge in [-0.15, -0.1) is 0 Å². The van der Waals surface area contributed by atoms with Gasteiger partial charge in [-0.1, -0.05) is 27.7 Å². The van der Waals surface area contributed by atoms with Gasteiger partial charge in [0.2, 0.25) is 0 Å². The molecule has 0 aromatic heterocycles. The van der Waals surface area contributed by atoms with Gasteiger partial charge in [-0.25, -0.2) is 0 Å². The third-order valence-electron chi connectivity index (χ3n) is 2.62. The molecule has 0 spiro atoms. The summed E-state index contributed by atoms with van der Waals surface area (Å²) in [6, 6.07) is 0. The highest BCUT2D eigenvalue weighted by Gasteiger charge is 2.12. The lowest BCUT2D eigenvalue weighted by Crippen LogP contribution is -2.44. The lowest BCUT2D eigenvalue weighted by Gasteiger charge is -2.32. The standard InChI is InChI=1S/C10H22N2.C2H6/c1-10(2)4-5-12-8-6-11(3)7-9-12;1-2/h10H,4-9H2,1-3H3;1-2H3. The summed E-state index contributed by atoms with van der Waals surface area (Å²) in [5, 5.41) is 0. The largest absolute Gasteiger partial charge is 0.304 e. The van der Waals surface area contributed by atoms with Crippen molar-refractivity contribution >= 4 is 0 Å². The van der Waals surface area contributed by atoms with Gasteiger partial charge < -0.3 is 9.80 Å². The normalized spacial score (nSPS) is 19.3. The third-order valence-corrected chi connectivity index (χ3v) is 2.62. The maximum atomic E-state index is 2.58. The van der Waals surface area contributed by atoms with Crippen LogP contribution in [0.3, 0.4) is 0 Å². The van der Waals surface area contributed by atoms with Crippen LogP contribution in [0, 0.1) is 5.92 Å². The predicted molar refractivity (Wildman–Crippen MR) is 64.7 cm³/mol. The van der Waals surface area contributed by atoms with E-state index in [1.54, 1.807) is 0 Å². The van der Waals surface area contributed by atoms with Gasteiger partial charge in [0.05, 0.1) is 0 Å². The highest BCUT2D eigenvalue weighted by molar-refractivity contribution is 4.69. The van der Waals surface area contributed by atoms with E-state index in [1.807, 2.05) is 13.8 Å². The first-order valence-electron chi connectivity index (χ1n) is 6.09. The van der Waals surface area contributed by atoms with Crippen molar-refractivity contribution in [1.29, 1.82) is 0 Å². The van der Waals surface area contributed by atoms with Crippen molar-refractivity contribution in [3.05, 3.63) is 0 Å². The molecule has 1 saturated heterocycles. The van der Waals surface area contributed by atoms with Crippen LogP contribution >= 0.6 is 0 Å². The molecule has 0 bridgehead atoms. The summed E-state index contributed by atoms with van der Waals surface area (Å²) in [5.74, 6) is 0.852. The molecule has 14 heavy (non-hydrogen) atoms. The van der Waals surface area contributed by atoms with E-state index >= 15 is 0 Å². The molecule has 0 atom stereocenters. The molecule has 1 rings (SSSR count). The quantitative estimate of drug-likeness (QED) is 0.690. The van der Waals surface area contributed by atoms with Crippen molar-refractivity contribution in [1.82, 2.24) is 9.80 Å². The van der Waals surface area contributed by atoms with Gasteiger partial charge in [0.1, 0.15) is 0 Å². The minimum absolute atomic E-state index is 0.852. The second-order valence-electron chi connectivity index (χ2n) is 4.33. The molecule has 0 aliphatic carbocycles. The second kappa shape index (κ2) is 8.25. The van der Waals surface area contributed by atoms with E-state index in [2.05, 4.69) is 30.7 Å². The zero-order valence-corrected chi connectivity index (χ0v) is 10.7. The number of hydrogen-bond acceptors (Lipinski definition) is 2. The molecule has 1 aliphatic heterocycles. The number of piperazine rings is 1. The molecule has 1 fully saturated rings. The summed E-state index contributed by atoms with van der Waals surface area (Å²) >= 11 is 0. The van der Waals surface area contributed by atoms with Gasteiger partial charge >= 0.3 is 0 Å². The molecule has 0 aromatic rings. The number of hydrogen-bond donors (Lipinski definition) is 0. The van der Waals surface area contributed by atoms with Crippen LogP contribution < -0.4 is 0 Å². The Kier molecular flexibility index (Phi) is 8.20. The van der Waals surface area contributed by atoms with Crippen molar-refractivity contribution in [3.8, 4) is 0 Å². The zero-order valence-electron chi connectivity index (χ0n) is 10.7. The summed E-state index contributed by atoms with van der Waals surface area (Å²) in [6.45, 7) is 14.9. The average molecular weight is 200 g/mol. The van der Waals surface area contributed by atoms with Crippen LogP contribution in [0.25, 0.3) is 0 Å². The minimum Gasteiger partial charge on any atom is -0.304 e. The van der Waals surface area contributed by atoms with E-state index in [-0.39, 0.29) is 0 Å². The van der Waals surface area contributed by atoms with Crippen molar-refractivity contribution in [2.45, 2.75) is 34.1 Å². The van der Waals surface area contributed by atoms with E-state index in [9.17, 15) is 0 Å². The Balaban J connectivity index is 0.000000791. The fourth-order valence-electron chi connectivity index (χ4n) is 1.51. The Morgan fingerprint density at radius 2 is 1.50 bits per heavy atom. The molecule has 2 heteroatoms. The molecular weight excluding hydrogens is 172 g/mol. The van der Waals surface area contributed by atoms with Gasteiger partial charge in [0.15, 0.2) is 0 Å². The van der Waals surface area contributed by atoms with E-state index in [0.717, 1.165) is 5.92 Å². The maximum absolute atomic E-state index is 2.58. The highest BCUT2D eigenvalue weighted by atomic mass is 15.2. The Bertz CT molecular complexity index is 115. The van der Waals surface area contributed by atoms with Gasteiger partial charge in [0, 0.05) is 26.2 Å². The maximum Gasteiger partial charge on any atom is 0.0110 e. The van der Waals surface area contributed by atoms with Crippen molar-refractivity contribution in [3.63, 3.8) is 0 Å². The predicted octanol–water partition coefficient (Wildman–Crippen LogP) is 2.31. The van der Waals surface area contributed by atoms with Crippen molar-refractivity contribution in [2.24, 2.45) is 5.92 Å². The molecule has 0 unspecified atom stereocenters. The van der Waals surface area contributed by atoms with Crippen molar-refractivity contribution in [2.75, 3.05) is 39.8 Å². The molecule has 86 valence electrons. The van der Waals surface area contributed by atoms with Crippen LogP contribution in [-0.2, 0) is 0 Å². The summed E-state index contributed by atoms with van der Waals surface area (Å²) in [7, 11) is 2.21. The van der Waals surface area contributed by atoms with Crippen LogP contribution in [0.5, 0.6) is 0 Å².